The second kappa shape index (κ2) is 11.8. The van der Waals surface area contributed by atoms with Crippen LogP contribution in [0.15, 0.2) is 88.3 Å². The molecule has 1 aliphatic heterocycles. The topological polar surface area (TPSA) is 79.0 Å². The molecule has 3 aromatic carbocycles. The van der Waals surface area contributed by atoms with Gasteiger partial charge in [0.05, 0.1) is 31.9 Å². The number of benzene rings is 3. The number of nitrogens with zero attached hydrogens (tertiary/aromatic N) is 3. The van der Waals surface area contributed by atoms with E-state index in [0.717, 1.165) is 22.2 Å². The van der Waals surface area contributed by atoms with Gasteiger partial charge in [0.25, 0.3) is 5.91 Å². The molecule has 0 spiro atoms. The molecule has 0 aliphatic carbocycles. The highest BCUT2D eigenvalue weighted by molar-refractivity contribution is 8.26. The van der Waals surface area contributed by atoms with Crippen LogP contribution in [0.3, 0.4) is 0 Å². The van der Waals surface area contributed by atoms with Crippen LogP contribution in [0.2, 0.25) is 0 Å². The molecule has 1 aliphatic rings. The molecule has 0 saturated carbocycles. The van der Waals surface area contributed by atoms with Crippen molar-refractivity contribution < 1.29 is 23.4 Å². The number of methoxy groups -OCH3 is 3. The fourth-order valence-electron chi connectivity index (χ4n) is 4.82. The zero-order valence-electron chi connectivity index (χ0n) is 23.2. The van der Waals surface area contributed by atoms with Gasteiger partial charge in [-0.05, 0) is 54.5 Å². The molecule has 10 heteroatoms. The van der Waals surface area contributed by atoms with Gasteiger partial charge >= 0.3 is 0 Å². The van der Waals surface area contributed by atoms with Gasteiger partial charge in [0.2, 0.25) is 0 Å². The van der Waals surface area contributed by atoms with E-state index in [1.54, 1.807) is 30.9 Å². The van der Waals surface area contributed by atoms with Crippen molar-refractivity contribution in [3.63, 3.8) is 0 Å². The van der Waals surface area contributed by atoms with Crippen LogP contribution in [-0.2, 0) is 11.2 Å². The van der Waals surface area contributed by atoms with Gasteiger partial charge in [-0.15, -0.1) is 0 Å². The summed E-state index contributed by atoms with van der Waals surface area (Å²) < 4.78 is 24.8. The van der Waals surface area contributed by atoms with Crippen molar-refractivity contribution >= 4 is 51.3 Å². The summed E-state index contributed by atoms with van der Waals surface area (Å²) in [5.41, 5.74) is 3.87. The minimum absolute atomic E-state index is 0.143. The molecule has 3 heterocycles. The highest BCUT2D eigenvalue weighted by Gasteiger charge is 2.32. The summed E-state index contributed by atoms with van der Waals surface area (Å²) in [5.74, 6) is 2.36. The van der Waals surface area contributed by atoms with Gasteiger partial charge in [0.15, 0.2) is 28.6 Å². The average Bonchev–Trinajstić information content (AvgIpc) is 3.71. The number of para-hydroxylation sites is 2. The minimum atomic E-state index is -0.143. The fraction of sp³-hybridized carbons (Fsp3) is 0.156. The number of rotatable bonds is 9. The van der Waals surface area contributed by atoms with Crippen LogP contribution in [0.4, 0.5) is 0 Å². The number of ether oxygens (including phenoxy) is 3. The predicted molar refractivity (Wildman–Crippen MR) is 168 cm³/mol. The molecular weight excluding hydrogens is 571 g/mol. The van der Waals surface area contributed by atoms with Gasteiger partial charge in [-0.3, -0.25) is 9.69 Å². The first kappa shape index (κ1) is 27.6. The van der Waals surface area contributed by atoms with E-state index in [2.05, 4.69) is 0 Å². The molecule has 212 valence electrons. The number of thioether (sulfide) groups is 1. The van der Waals surface area contributed by atoms with Crippen molar-refractivity contribution in [1.82, 2.24) is 14.7 Å². The molecule has 5 aromatic rings. The Kier molecular flexibility index (Phi) is 7.73. The van der Waals surface area contributed by atoms with Crippen LogP contribution in [0.1, 0.15) is 11.1 Å². The number of hydrogen-bond donors (Lipinski definition) is 0. The highest BCUT2D eigenvalue weighted by atomic mass is 32.2. The normalized spacial score (nSPS) is 14.3. The van der Waals surface area contributed by atoms with Crippen molar-refractivity contribution in [1.29, 1.82) is 0 Å². The zero-order valence-corrected chi connectivity index (χ0v) is 24.8. The summed E-state index contributed by atoms with van der Waals surface area (Å²) in [6.45, 7) is 0.441. The van der Waals surface area contributed by atoms with Gasteiger partial charge < -0.3 is 18.6 Å². The Balaban J connectivity index is 1.32. The molecule has 1 fully saturated rings. The second-order valence-corrected chi connectivity index (χ2v) is 11.2. The molecule has 0 radical (unpaired) electrons. The van der Waals surface area contributed by atoms with Gasteiger partial charge in [-0.25, -0.2) is 4.68 Å². The van der Waals surface area contributed by atoms with Crippen LogP contribution in [0.25, 0.3) is 34.2 Å². The maximum atomic E-state index is 13.6. The van der Waals surface area contributed by atoms with E-state index in [1.165, 1.54) is 11.8 Å². The van der Waals surface area contributed by atoms with E-state index in [0.29, 0.717) is 56.5 Å². The molecule has 1 amide bonds. The Morgan fingerprint density at radius 3 is 2.48 bits per heavy atom. The van der Waals surface area contributed by atoms with Crippen LogP contribution >= 0.6 is 24.0 Å². The van der Waals surface area contributed by atoms with Crippen LogP contribution in [-0.4, -0.2) is 52.8 Å². The third-order valence-corrected chi connectivity index (χ3v) is 8.33. The number of furan rings is 1. The van der Waals surface area contributed by atoms with Crippen molar-refractivity contribution in [3.8, 4) is 34.4 Å². The predicted octanol–water partition coefficient (Wildman–Crippen LogP) is 6.76. The minimum Gasteiger partial charge on any atom is -0.493 e. The third kappa shape index (κ3) is 5.26. The average molecular weight is 598 g/mol. The van der Waals surface area contributed by atoms with E-state index in [9.17, 15) is 4.79 Å². The molecular formula is C32H27N3O5S2. The smallest absolute Gasteiger partial charge is 0.266 e. The number of carbonyl (C=O) groups is 1. The van der Waals surface area contributed by atoms with Crippen molar-refractivity contribution in [2.75, 3.05) is 27.9 Å². The van der Waals surface area contributed by atoms with Gasteiger partial charge in [0, 0.05) is 23.7 Å². The number of fused-ring (bicyclic) bond motifs is 1. The Bertz CT molecular complexity index is 1830. The number of amides is 1. The Hall–Kier alpha value is -4.54. The van der Waals surface area contributed by atoms with E-state index in [4.69, 9.17) is 35.9 Å². The molecule has 42 heavy (non-hydrogen) atoms. The lowest BCUT2D eigenvalue weighted by atomic mass is 10.1. The lowest BCUT2D eigenvalue weighted by Crippen LogP contribution is -2.30. The van der Waals surface area contributed by atoms with Crippen molar-refractivity contribution in [2.45, 2.75) is 6.42 Å². The number of thiocarbonyl (C=S) groups is 1. The molecule has 0 unspecified atom stereocenters. The maximum Gasteiger partial charge on any atom is 0.266 e. The summed E-state index contributed by atoms with van der Waals surface area (Å²) in [4.78, 5) is 15.7. The van der Waals surface area contributed by atoms with E-state index >= 15 is 0 Å². The van der Waals surface area contributed by atoms with Crippen molar-refractivity contribution in [2.24, 2.45) is 0 Å². The van der Waals surface area contributed by atoms with E-state index in [1.807, 2.05) is 85.1 Å². The van der Waals surface area contributed by atoms with Gasteiger partial charge in [-0.1, -0.05) is 60.4 Å². The summed E-state index contributed by atoms with van der Waals surface area (Å²) in [6, 6.07) is 23.2. The summed E-state index contributed by atoms with van der Waals surface area (Å²) >= 11 is 6.91. The summed E-state index contributed by atoms with van der Waals surface area (Å²) in [5, 5.41) is 5.76. The third-order valence-electron chi connectivity index (χ3n) is 6.96. The maximum absolute atomic E-state index is 13.6. The summed E-state index contributed by atoms with van der Waals surface area (Å²) in [6.07, 6.45) is 4.34. The quantitative estimate of drug-likeness (QED) is 0.136. The fourth-order valence-corrected chi connectivity index (χ4v) is 6.12. The van der Waals surface area contributed by atoms with Crippen LogP contribution in [0, 0.1) is 0 Å². The highest BCUT2D eigenvalue weighted by Crippen LogP contribution is 2.38. The lowest BCUT2D eigenvalue weighted by Gasteiger charge is -2.15. The molecule has 8 nitrogen and oxygen atoms in total. The SMILES string of the molecule is COc1ccc(CCN2C(=O)C(=Cc3cn(-c4ccccc4)nc3-c3cc4cccc(OC)c4o3)SC2=S)cc1OC. The Labute approximate surface area is 252 Å². The molecule has 0 bridgehead atoms. The van der Waals surface area contributed by atoms with E-state index < -0.39 is 0 Å². The molecule has 0 N–H and O–H groups in total. The standard InChI is InChI=1S/C32H27N3O5S2/c1-37-24-13-12-20(16-26(24)39-3)14-15-34-31(36)28(42-32(34)41)18-22-19-35(23-9-5-4-6-10-23)33-29(22)27-17-21-8-7-11-25(38-2)30(21)40-27/h4-13,16-19H,14-15H2,1-3H3. The first-order valence-corrected chi connectivity index (χ1v) is 14.4. The summed E-state index contributed by atoms with van der Waals surface area (Å²) in [7, 11) is 4.81. The first-order chi connectivity index (χ1) is 20.5. The zero-order chi connectivity index (χ0) is 29.2. The van der Waals surface area contributed by atoms with Gasteiger partial charge in [-0.2, -0.15) is 5.10 Å². The Morgan fingerprint density at radius 1 is 0.929 bits per heavy atom. The first-order valence-electron chi connectivity index (χ1n) is 13.2. The monoisotopic (exact) mass is 597 g/mol. The molecule has 6 rings (SSSR count). The number of hydrogen-bond acceptors (Lipinski definition) is 8. The van der Waals surface area contributed by atoms with Gasteiger partial charge in [0.1, 0.15) is 10.0 Å². The molecule has 1 saturated heterocycles. The Morgan fingerprint density at radius 2 is 1.71 bits per heavy atom. The molecule has 2 aromatic heterocycles. The van der Waals surface area contributed by atoms with Crippen LogP contribution in [0.5, 0.6) is 17.2 Å². The lowest BCUT2D eigenvalue weighted by molar-refractivity contribution is -0.122. The largest absolute Gasteiger partial charge is 0.493 e. The number of aromatic nitrogens is 2. The second-order valence-electron chi connectivity index (χ2n) is 9.48. The molecule has 0 atom stereocenters. The van der Waals surface area contributed by atoms with Crippen LogP contribution < -0.4 is 14.2 Å². The van der Waals surface area contributed by atoms with Crippen molar-refractivity contribution in [3.05, 3.63) is 95.0 Å². The number of carbonyl (C=O) groups excluding carboxylic acids is 1. The van der Waals surface area contributed by atoms with E-state index in [-0.39, 0.29) is 5.91 Å².